The molecule has 3 rings (SSSR count). The molecule has 0 saturated carbocycles. The maximum atomic E-state index is 13.1. The first kappa shape index (κ1) is 12.1. The molecule has 0 N–H and O–H groups in total. The lowest BCUT2D eigenvalue weighted by atomic mass is 10.3. The number of aromatic nitrogens is 4. The molecular formula is C15H9FN4. The molecule has 0 fully saturated rings. The lowest BCUT2D eigenvalue weighted by Gasteiger charge is -1.98. The quantitative estimate of drug-likeness (QED) is 0.633. The molecule has 0 radical (unpaired) electrons. The summed E-state index contributed by atoms with van der Waals surface area (Å²) in [6.45, 7) is 0. The van der Waals surface area contributed by atoms with Gasteiger partial charge in [-0.3, -0.25) is 4.98 Å². The minimum atomic E-state index is -0.404. The average molecular weight is 264 g/mol. The number of pyridine rings is 2. The minimum Gasteiger partial charge on any atom is -0.259 e. The molecule has 0 aliphatic carbocycles. The highest BCUT2D eigenvalue weighted by molar-refractivity contribution is 5.37. The van der Waals surface area contributed by atoms with Crippen LogP contribution in [0.3, 0.4) is 0 Å². The highest BCUT2D eigenvalue weighted by Gasteiger charge is 2.01. The van der Waals surface area contributed by atoms with Crippen molar-refractivity contribution in [1.82, 2.24) is 19.7 Å². The van der Waals surface area contributed by atoms with E-state index in [-0.39, 0.29) is 0 Å². The van der Waals surface area contributed by atoms with Crippen molar-refractivity contribution in [2.24, 2.45) is 0 Å². The van der Waals surface area contributed by atoms with E-state index in [1.54, 1.807) is 18.5 Å². The number of nitrogens with zero attached hydrogens (tertiary/aromatic N) is 4. The summed E-state index contributed by atoms with van der Waals surface area (Å²) in [7, 11) is 0. The van der Waals surface area contributed by atoms with Crippen LogP contribution in [0.4, 0.5) is 4.39 Å². The second kappa shape index (κ2) is 5.33. The highest BCUT2D eigenvalue weighted by Crippen LogP contribution is 2.07. The third kappa shape index (κ3) is 2.70. The lowest BCUT2D eigenvalue weighted by Crippen LogP contribution is -1.96. The van der Waals surface area contributed by atoms with Gasteiger partial charge in [-0.05, 0) is 30.0 Å². The Morgan fingerprint density at radius 2 is 1.95 bits per heavy atom. The topological polar surface area (TPSA) is 43.6 Å². The fourth-order valence-corrected chi connectivity index (χ4v) is 1.63. The van der Waals surface area contributed by atoms with Gasteiger partial charge in [0.1, 0.15) is 17.2 Å². The normalized spacial score (nSPS) is 9.85. The van der Waals surface area contributed by atoms with Gasteiger partial charge in [0.05, 0.1) is 18.1 Å². The van der Waals surface area contributed by atoms with Gasteiger partial charge in [0, 0.05) is 18.5 Å². The molecule has 0 aliphatic rings. The van der Waals surface area contributed by atoms with E-state index in [1.807, 2.05) is 18.2 Å². The highest BCUT2D eigenvalue weighted by atomic mass is 19.1. The van der Waals surface area contributed by atoms with Crippen molar-refractivity contribution in [2.45, 2.75) is 0 Å². The first-order valence-corrected chi connectivity index (χ1v) is 5.91. The number of hydrogen-bond acceptors (Lipinski definition) is 3. The fourth-order valence-electron chi connectivity index (χ4n) is 1.63. The van der Waals surface area contributed by atoms with Gasteiger partial charge in [-0.25, -0.2) is 14.1 Å². The smallest absolute Gasteiger partial charge is 0.143 e. The molecule has 0 bridgehead atoms. The maximum Gasteiger partial charge on any atom is 0.143 e. The molecular weight excluding hydrogens is 255 g/mol. The summed E-state index contributed by atoms with van der Waals surface area (Å²) < 4.78 is 14.6. The molecule has 3 heterocycles. The Morgan fingerprint density at radius 3 is 2.75 bits per heavy atom. The van der Waals surface area contributed by atoms with Crippen LogP contribution in [-0.2, 0) is 0 Å². The van der Waals surface area contributed by atoms with Crippen LogP contribution >= 0.6 is 0 Å². The Bertz CT molecular complexity index is 784. The molecule has 5 heteroatoms. The summed E-state index contributed by atoms with van der Waals surface area (Å²) in [5.74, 6) is 5.41. The molecule has 0 aliphatic heterocycles. The van der Waals surface area contributed by atoms with Gasteiger partial charge >= 0.3 is 0 Å². The van der Waals surface area contributed by atoms with Gasteiger partial charge in [0.15, 0.2) is 0 Å². The molecule has 0 aromatic carbocycles. The molecule has 0 spiro atoms. The summed E-state index contributed by atoms with van der Waals surface area (Å²) in [6, 6.07) is 8.63. The molecule has 0 unspecified atom stereocenters. The summed E-state index contributed by atoms with van der Waals surface area (Å²) in [6.07, 6.45) is 6.07. The molecule has 20 heavy (non-hydrogen) atoms. The van der Waals surface area contributed by atoms with Crippen LogP contribution < -0.4 is 0 Å². The Labute approximate surface area is 114 Å². The molecule has 4 nitrogen and oxygen atoms in total. The zero-order valence-electron chi connectivity index (χ0n) is 10.4. The van der Waals surface area contributed by atoms with Gasteiger partial charge in [-0.2, -0.15) is 5.10 Å². The first-order valence-electron chi connectivity index (χ1n) is 5.91. The predicted octanol–water partition coefficient (Wildman–Crippen LogP) is 2.20. The van der Waals surface area contributed by atoms with E-state index in [2.05, 4.69) is 26.9 Å². The largest absolute Gasteiger partial charge is 0.259 e. The van der Waals surface area contributed by atoms with Crippen LogP contribution in [0.15, 0.2) is 55.1 Å². The summed E-state index contributed by atoms with van der Waals surface area (Å²) in [5.41, 5.74) is 1.81. The van der Waals surface area contributed by atoms with Crippen LogP contribution in [0.25, 0.3) is 5.69 Å². The second-order valence-electron chi connectivity index (χ2n) is 3.97. The SMILES string of the molecule is Fc1cncc(-n2ccc(C#Cc3ccccn3)n2)c1. The zero-order chi connectivity index (χ0) is 13.8. The average Bonchev–Trinajstić information content (AvgIpc) is 2.95. The van der Waals surface area contributed by atoms with E-state index in [1.165, 1.54) is 16.9 Å². The van der Waals surface area contributed by atoms with Crippen LogP contribution in [-0.4, -0.2) is 19.7 Å². The third-order valence-electron chi connectivity index (χ3n) is 2.53. The van der Waals surface area contributed by atoms with E-state index in [9.17, 15) is 4.39 Å². The molecule has 0 saturated heterocycles. The summed E-state index contributed by atoms with van der Waals surface area (Å²) in [4.78, 5) is 7.88. The van der Waals surface area contributed by atoms with Crippen molar-refractivity contribution in [3.8, 4) is 17.5 Å². The van der Waals surface area contributed by atoms with Crippen LogP contribution in [0, 0.1) is 17.7 Å². The Hall–Kier alpha value is -3.00. The first-order chi connectivity index (χ1) is 9.81. The molecule has 3 aromatic rings. The van der Waals surface area contributed by atoms with Gasteiger partial charge in [-0.15, -0.1) is 0 Å². The summed E-state index contributed by atoms with van der Waals surface area (Å²) >= 11 is 0. The van der Waals surface area contributed by atoms with E-state index in [0.717, 1.165) is 6.20 Å². The van der Waals surface area contributed by atoms with Crippen molar-refractivity contribution >= 4 is 0 Å². The van der Waals surface area contributed by atoms with Crippen molar-refractivity contribution < 1.29 is 4.39 Å². The van der Waals surface area contributed by atoms with Crippen molar-refractivity contribution in [3.05, 3.63) is 72.3 Å². The second-order valence-corrected chi connectivity index (χ2v) is 3.97. The van der Waals surface area contributed by atoms with Crippen LogP contribution in [0.2, 0.25) is 0 Å². The fraction of sp³-hybridized carbons (Fsp3) is 0. The Morgan fingerprint density at radius 1 is 1.05 bits per heavy atom. The van der Waals surface area contributed by atoms with E-state index >= 15 is 0 Å². The van der Waals surface area contributed by atoms with Gasteiger partial charge < -0.3 is 0 Å². The Balaban J connectivity index is 1.86. The van der Waals surface area contributed by atoms with E-state index in [4.69, 9.17) is 0 Å². The minimum absolute atomic E-state index is 0.404. The zero-order valence-corrected chi connectivity index (χ0v) is 10.4. The third-order valence-corrected chi connectivity index (χ3v) is 2.53. The Kier molecular flexibility index (Phi) is 3.21. The number of halogens is 1. The maximum absolute atomic E-state index is 13.1. The van der Waals surface area contributed by atoms with Gasteiger partial charge in [-0.1, -0.05) is 6.07 Å². The van der Waals surface area contributed by atoms with Crippen molar-refractivity contribution in [1.29, 1.82) is 0 Å². The van der Waals surface area contributed by atoms with Gasteiger partial charge in [0.2, 0.25) is 0 Å². The predicted molar refractivity (Wildman–Crippen MR) is 71.5 cm³/mol. The van der Waals surface area contributed by atoms with Crippen LogP contribution in [0.1, 0.15) is 11.4 Å². The molecule has 96 valence electrons. The number of hydrogen-bond donors (Lipinski definition) is 0. The number of rotatable bonds is 1. The lowest BCUT2D eigenvalue weighted by molar-refractivity contribution is 0.618. The standard InChI is InChI=1S/C15H9FN4/c16-12-9-15(11-17-10-12)20-8-6-14(19-20)5-4-13-3-1-2-7-18-13/h1-3,6-11H. The molecule has 3 aromatic heterocycles. The molecule has 0 atom stereocenters. The van der Waals surface area contributed by atoms with Crippen LogP contribution in [0.5, 0.6) is 0 Å². The van der Waals surface area contributed by atoms with Crippen molar-refractivity contribution in [2.75, 3.05) is 0 Å². The summed E-state index contributed by atoms with van der Waals surface area (Å²) in [5, 5.41) is 4.25. The van der Waals surface area contributed by atoms with E-state index < -0.39 is 5.82 Å². The van der Waals surface area contributed by atoms with Crippen molar-refractivity contribution in [3.63, 3.8) is 0 Å². The monoisotopic (exact) mass is 264 g/mol. The molecule has 0 amide bonds. The van der Waals surface area contributed by atoms with E-state index in [0.29, 0.717) is 17.1 Å². The van der Waals surface area contributed by atoms with Gasteiger partial charge in [0.25, 0.3) is 0 Å².